The molecule has 202 valence electrons. The number of ether oxygens (including phenoxy) is 1. The van der Waals surface area contributed by atoms with Gasteiger partial charge < -0.3 is 4.74 Å². The number of nitrogens with zero attached hydrogens (tertiary/aromatic N) is 3. The molecule has 1 aliphatic heterocycles. The van der Waals surface area contributed by atoms with E-state index in [4.69, 9.17) is 19.7 Å². The first-order valence-corrected chi connectivity index (χ1v) is 14.6. The van der Waals surface area contributed by atoms with Gasteiger partial charge in [0.2, 0.25) is 0 Å². The van der Waals surface area contributed by atoms with Crippen LogP contribution < -0.4 is 4.74 Å². The van der Waals surface area contributed by atoms with Crippen LogP contribution in [0.3, 0.4) is 0 Å². The van der Waals surface area contributed by atoms with Crippen LogP contribution in [0.4, 0.5) is 0 Å². The summed E-state index contributed by atoms with van der Waals surface area (Å²) in [6.07, 6.45) is 6.41. The average Bonchev–Trinajstić information content (AvgIpc) is 3.46. The largest absolute Gasteiger partial charge is 0.485 e. The fraction of sp³-hybridized carbons (Fsp3) is 0.0513. The lowest BCUT2D eigenvalue weighted by molar-refractivity contribution is 0.269. The minimum absolute atomic E-state index is 0.0902. The van der Waals surface area contributed by atoms with Crippen LogP contribution in [0, 0.1) is 0 Å². The van der Waals surface area contributed by atoms with E-state index in [0.29, 0.717) is 17.5 Å². The molecule has 0 saturated carbocycles. The fourth-order valence-corrected chi connectivity index (χ4v) is 6.60. The van der Waals surface area contributed by atoms with Gasteiger partial charge >= 0.3 is 0 Å². The number of aromatic nitrogens is 3. The monoisotopic (exact) mass is 551 g/mol. The Balaban J connectivity index is 1.26. The Kier molecular flexibility index (Phi) is 5.29. The van der Waals surface area contributed by atoms with Crippen LogP contribution in [-0.4, -0.2) is 21.1 Å². The molecule has 2 atom stereocenters. The molecule has 2 unspecified atom stereocenters. The molecule has 0 spiro atoms. The molecule has 0 fully saturated rings. The van der Waals surface area contributed by atoms with Gasteiger partial charge in [0.1, 0.15) is 11.9 Å². The van der Waals surface area contributed by atoms with Crippen LogP contribution in [0.1, 0.15) is 17.3 Å². The zero-order chi connectivity index (χ0) is 28.3. The molecule has 1 aliphatic carbocycles. The van der Waals surface area contributed by atoms with Crippen molar-refractivity contribution in [2.75, 3.05) is 0 Å². The molecule has 6 aromatic carbocycles. The van der Waals surface area contributed by atoms with E-state index < -0.39 is 0 Å². The lowest BCUT2D eigenvalue weighted by Gasteiger charge is -2.18. The van der Waals surface area contributed by atoms with Crippen molar-refractivity contribution in [3.63, 3.8) is 0 Å². The SMILES string of the molecule is C1=CC2c3ccccc3OC2C=C1c1nc(-c2ccccc2)nc(-c2cccc3ccc4c5ccccc5ccc4c23)n1. The zero-order valence-electron chi connectivity index (χ0n) is 23.2. The summed E-state index contributed by atoms with van der Waals surface area (Å²) in [5.74, 6) is 3.07. The second kappa shape index (κ2) is 9.47. The molecule has 0 radical (unpaired) electrons. The van der Waals surface area contributed by atoms with Crippen LogP contribution in [0.5, 0.6) is 5.75 Å². The Bertz CT molecular complexity index is 2290. The van der Waals surface area contributed by atoms with Crippen LogP contribution in [0.25, 0.3) is 60.7 Å². The first-order valence-electron chi connectivity index (χ1n) is 14.6. The summed E-state index contributed by atoms with van der Waals surface area (Å²) in [4.78, 5) is 15.2. The molecule has 43 heavy (non-hydrogen) atoms. The molecule has 7 aromatic rings. The van der Waals surface area contributed by atoms with Crippen LogP contribution >= 0.6 is 0 Å². The summed E-state index contributed by atoms with van der Waals surface area (Å²) >= 11 is 0. The molecule has 2 aliphatic rings. The summed E-state index contributed by atoms with van der Waals surface area (Å²) in [7, 11) is 0. The van der Waals surface area contributed by atoms with Crippen LogP contribution in [0.15, 0.2) is 140 Å². The summed E-state index contributed by atoms with van der Waals surface area (Å²) in [6, 6.07) is 42.2. The van der Waals surface area contributed by atoms with Gasteiger partial charge in [-0.05, 0) is 39.1 Å². The third kappa shape index (κ3) is 3.87. The number of rotatable bonds is 3. The molecule has 4 nitrogen and oxygen atoms in total. The van der Waals surface area contributed by atoms with E-state index in [2.05, 4.69) is 97.1 Å². The molecule has 9 rings (SSSR count). The quantitative estimate of drug-likeness (QED) is 0.205. The van der Waals surface area contributed by atoms with Gasteiger partial charge in [0.05, 0.1) is 0 Å². The van der Waals surface area contributed by atoms with Gasteiger partial charge in [0.25, 0.3) is 0 Å². The highest BCUT2D eigenvalue weighted by Crippen LogP contribution is 2.43. The number of allylic oxidation sites excluding steroid dienone is 2. The van der Waals surface area contributed by atoms with Gasteiger partial charge in [-0.1, -0.05) is 127 Å². The molecular weight excluding hydrogens is 526 g/mol. The van der Waals surface area contributed by atoms with Gasteiger partial charge in [0, 0.05) is 33.6 Å². The number of para-hydroxylation sites is 1. The molecule has 1 aromatic heterocycles. The molecule has 4 heteroatoms. The predicted octanol–water partition coefficient (Wildman–Crippen LogP) is 9.16. The standard InChI is InChI=1S/C39H25N3O/c1-2-10-26(11-3-1)37-40-38(27-19-21-31-30-14-6-7-16-34(30)43-35(31)23-27)42-39(41-37)33-15-8-12-25-18-20-29-28-13-5-4-9-24(28)17-22-32(29)36(25)33/h1-23,31,35H. The summed E-state index contributed by atoms with van der Waals surface area (Å²) in [6.45, 7) is 0. The van der Waals surface area contributed by atoms with Crippen molar-refractivity contribution in [2.24, 2.45) is 0 Å². The molecule has 0 amide bonds. The van der Waals surface area contributed by atoms with E-state index in [1.54, 1.807) is 0 Å². The average molecular weight is 552 g/mol. The summed E-state index contributed by atoms with van der Waals surface area (Å²) in [5.41, 5.74) is 4.09. The Labute approximate surface area is 248 Å². The highest BCUT2D eigenvalue weighted by Gasteiger charge is 2.33. The number of hydrogen-bond acceptors (Lipinski definition) is 4. The highest BCUT2D eigenvalue weighted by molar-refractivity contribution is 6.20. The summed E-state index contributed by atoms with van der Waals surface area (Å²) < 4.78 is 6.33. The smallest absolute Gasteiger partial charge is 0.164 e. The van der Waals surface area contributed by atoms with E-state index in [0.717, 1.165) is 33.2 Å². The maximum Gasteiger partial charge on any atom is 0.164 e. The second-order valence-electron chi connectivity index (χ2n) is 11.2. The number of fused-ring (bicyclic) bond motifs is 8. The van der Waals surface area contributed by atoms with E-state index >= 15 is 0 Å². The van der Waals surface area contributed by atoms with E-state index in [1.165, 1.54) is 27.1 Å². The third-order valence-corrected chi connectivity index (χ3v) is 8.65. The first-order chi connectivity index (χ1) is 21.3. The van der Waals surface area contributed by atoms with Gasteiger partial charge in [-0.3, -0.25) is 0 Å². The topological polar surface area (TPSA) is 47.9 Å². The lowest BCUT2D eigenvalue weighted by Crippen LogP contribution is -2.18. The first kappa shape index (κ1) is 24.0. The third-order valence-electron chi connectivity index (χ3n) is 8.65. The van der Waals surface area contributed by atoms with E-state index in [1.807, 2.05) is 42.5 Å². The number of hydrogen-bond donors (Lipinski definition) is 0. The zero-order valence-corrected chi connectivity index (χ0v) is 23.2. The van der Waals surface area contributed by atoms with Crippen molar-refractivity contribution in [2.45, 2.75) is 12.0 Å². The Morgan fingerprint density at radius 3 is 2.23 bits per heavy atom. The minimum atomic E-state index is -0.0902. The predicted molar refractivity (Wildman–Crippen MR) is 174 cm³/mol. The van der Waals surface area contributed by atoms with Crippen molar-refractivity contribution >= 4 is 37.9 Å². The Morgan fingerprint density at radius 2 is 1.28 bits per heavy atom. The normalized spacial score (nSPS) is 17.1. The molecule has 2 heterocycles. The van der Waals surface area contributed by atoms with Gasteiger partial charge in [-0.25, -0.2) is 15.0 Å². The van der Waals surface area contributed by atoms with E-state index in [9.17, 15) is 0 Å². The van der Waals surface area contributed by atoms with Crippen molar-refractivity contribution in [1.29, 1.82) is 0 Å². The Hall–Kier alpha value is -5.61. The van der Waals surface area contributed by atoms with Crippen molar-refractivity contribution < 1.29 is 4.74 Å². The fourth-order valence-electron chi connectivity index (χ4n) is 6.60. The summed E-state index contributed by atoms with van der Waals surface area (Å²) in [5, 5.41) is 7.17. The molecule has 0 saturated heterocycles. The minimum Gasteiger partial charge on any atom is -0.485 e. The van der Waals surface area contributed by atoms with E-state index in [-0.39, 0.29) is 12.0 Å². The maximum absolute atomic E-state index is 6.33. The van der Waals surface area contributed by atoms with Crippen molar-refractivity contribution in [3.8, 4) is 28.5 Å². The van der Waals surface area contributed by atoms with Crippen LogP contribution in [0.2, 0.25) is 0 Å². The highest BCUT2D eigenvalue weighted by atomic mass is 16.5. The van der Waals surface area contributed by atoms with Crippen LogP contribution in [-0.2, 0) is 0 Å². The van der Waals surface area contributed by atoms with Gasteiger partial charge in [-0.2, -0.15) is 0 Å². The number of benzene rings is 6. The van der Waals surface area contributed by atoms with Gasteiger partial charge in [-0.15, -0.1) is 0 Å². The van der Waals surface area contributed by atoms with Gasteiger partial charge in [0.15, 0.2) is 17.5 Å². The second-order valence-corrected chi connectivity index (χ2v) is 11.2. The van der Waals surface area contributed by atoms with Crippen molar-refractivity contribution in [1.82, 2.24) is 15.0 Å². The molecule has 0 bridgehead atoms. The Morgan fingerprint density at radius 1 is 0.535 bits per heavy atom. The maximum atomic E-state index is 6.33. The van der Waals surface area contributed by atoms with Crippen molar-refractivity contribution in [3.05, 3.63) is 151 Å². The molecule has 0 N–H and O–H groups in total. The molecular formula is C39H25N3O. The lowest BCUT2D eigenvalue weighted by atomic mass is 9.89.